The second kappa shape index (κ2) is 6.16. The minimum atomic E-state index is -0.109. The van der Waals surface area contributed by atoms with Crippen LogP contribution in [0.2, 0.25) is 5.02 Å². The Balaban J connectivity index is 1.98. The summed E-state index contributed by atoms with van der Waals surface area (Å²) < 4.78 is 5.62. The van der Waals surface area contributed by atoms with Crippen LogP contribution in [0.5, 0.6) is 0 Å². The van der Waals surface area contributed by atoms with Crippen molar-refractivity contribution in [3.63, 3.8) is 0 Å². The second-order valence-electron chi connectivity index (χ2n) is 4.53. The number of likely N-dealkylation sites (N-methyl/N-ethyl adjacent to an activating group) is 1. The van der Waals surface area contributed by atoms with Gasteiger partial charge in [0.15, 0.2) is 0 Å². The number of aromatic nitrogens is 1. The maximum Gasteiger partial charge on any atom is 0.256 e. The SMILES string of the molecule is CN(CC1CCCCO1)C(=O)c1cnccc1Cl. The highest BCUT2D eigenvalue weighted by Crippen LogP contribution is 2.17. The van der Waals surface area contributed by atoms with E-state index in [0.29, 0.717) is 17.1 Å². The number of carbonyl (C=O) groups excluding carboxylic acids is 1. The summed E-state index contributed by atoms with van der Waals surface area (Å²) >= 11 is 5.99. The first-order valence-electron chi connectivity index (χ1n) is 6.15. The Morgan fingerprint density at radius 2 is 2.44 bits per heavy atom. The third-order valence-corrected chi connectivity index (χ3v) is 3.43. The summed E-state index contributed by atoms with van der Waals surface area (Å²) in [7, 11) is 1.77. The number of carbonyl (C=O) groups is 1. The molecular weight excluding hydrogens is 252 g/mol. The molecule has 2 rings (SSSR count). The summed E-state index contributed by atoms with van der Waals surface area (Å²) in [6.07, 6.45) is 6.51. The number of amides is 1. The number of hydrogen-bond donors (Lipinski definition) is 0. The van der Waals surface area contributed by atoms with Crippen LogP contribution < -0.4 is 0 Å². The molecule has 0 saturated carbocycles. The molecule has 0 N–H and O–H groups in total. The van der Waals surface area contributed by atoms with Gasteiger partial charge < -0.3 is 9.64 Å². The maximum absolute atomic E-state index is 12.2. The Morgan fingerprint density at radius 1 is 1.61 bits per heavy atom. The highest BCUT2D eigenvalue weighted by atomic mass is 35.5. The molecule has 1 fully saturated rings. The van der Waals surface area contributed by atoms with Crippen molar-refractivity contribution in [1.29, 1.82) is 0 Å². The van der Waals surface area contributed by atoms with Gasteiger partial charge >= 0.3 is 0 Å². The molecule has 98 valence electrons. The first-order valence-corrected chi connectivity index (χ1v) is 6.53. The highest BCUT2D eigenvalue weighted by molar-refractivity contribution is 6.33. The summed E-state index contributed by atoms with van der Waals surface area (Å²) in [5.41, 5.74) is 0.442. The van der Waals surface area contributed by atoms with Crippen molar-refractivity contribution >= 4 is 17.5 Å². The Hall–Kier alpha value is -1.13. The van der Waals surface area contributed by atoms with Crippen LogP contribution in [0.3, 0.4) is 0 Å². The van der Waals surface area contributed by atoms with Crippen LogP contribution in [0.1, 0.15) is 29.6 Å². The Kier molecular flexibility index (Phi) is 4.55. The molecule has 1 atom stereocenters. The fourth-order valence-electron chi connectivity index (χ4n) is 2.08. The fourth-order valence-corrected chi connectivity index (χ4v) is 2.27. The molecule has 0 aliphatic carbocycles. The summed E-state index contributed by atoms with van der Waals surface area (Å²) in [6, 6.07) is 1.62. The van der Waals surface area contributed by atoms with Crippen molar-refractivity contribution in [2.75, 3.05) is 20.2 Å². The normalized spacial score (nSPS) is 19.6. The number of hydrogen-bond acceptors (Lipinski definition) is 3. The van der Waals surface area contributed by atoms with Crippen molar-refractivity contribution in [2.24, 2.45) is 0 Å². The molecule has 2 heterocycles. The van der Waals surface area contributed by atoms with Gasteiger partial charge in [-0.05, 0) is 25.3 Å². The van der Waals surface area contributed by atoms with E-state index in [1.165, 1.54) is 12.6 Å². The number of rotatable bonds is 3. The van der Waals surface area contributed by atoms with Gasteiger partial charge in [0.25, 0.3) is 5.91 Å². The van der Waals surface area contributed by atoms with Crippen molar-refractivity contribution in [3.05, 3.63) is 29.0 Å². The molecule has 18 heavy (non-hydrogen) atoms. The van der Waals surface area contributed by atoms with Crippen LogP contribution in [0.15, 0.2) is 18.5 Å². The topological polar surface area (TPSA) is 42.4 Å². The van der Waals surface area contributed by atoms with E-state index in [9.17, 15) is 4.79 Å². The van der Waals surface area contributed by atoms with E-state index >= 15 is 0 Å². The molecule has 1 unspecified atom stereocenters. The molecule has 0 radical (unpaired) electrons. The molecule has 0 spiro atoms. The third-order valence-electron chi connectivity index (χ3n) is 3.10. The van der Waals surface area contributed by atoms with Crippen molar-refractivity contribution in [1.82, 2.24) is 9.88 Å². The summed E-state index contributed by atoms with van der Waals surface area (Å²) in [5, 5.41) is 0.436. The van der Waals surface area contributed by atoms with E-state index in [1.54, 1.807) is 24.2 Å². The van der Waals surface area contributed by atoms with Gasteiger partial charge in [0.2, 0.25) is 0 Å². The van der Waals surface area contributed by atoms with Gasteiger partial charge in [0, 0.05) is 32.6 Å². The predicted molar refractivity (Wildman–Crippen MR) is 69.8 cm³/mol. The van der Waals surface area contributed by atoms with Crippen LogP contribution in [0, 0.1) is 0 Å². The lowest BCUT2D eigenvalue weighted by Gasteiger charge is -2.27. The third kappa shape index (κ3) is 3.21. The lowest BCUT2D eigenvalue weighted by Crippen LogP contribution is -2.37. The lowest BCUT2D eigenvalue weighted by atomic mass is 10.1. The lowest BCUT2D eigenvalue weighted by molar-refractivity contribution is -0.000192. The molecule has 1 aliphatic rings. The van der Waals surface area contributed by atoms with Crippen molar-refractivity contribution in [2.45, 2.75) is 25.4 Å². The summed E-state index contributed by atoms with van der Waals surface area (Å²) in [4.78, 5) is 17.8. The largest absolute Gasteiger partial charge is 0.376 e. The fraction of sp³-hybridized carbons (Fsp3) is 0.538. The first-order chi connectivity index (χ1) is 8.68. The molecule has 1 aromatic rings. The number of pyridine rings is 1. The first kappa shape index (κ1) is 13.3. The molecule has 0 aromatic carbocycles. The van der Waals surface area contributed by atoms with Crippen molar-refractivity contribution < 1.29 is 9.53 Å². The molecule has 4 nitrogen and oxygen atoms in total. The van der Waals surface area contributed by atoms with E-state index in [-0.39, 0.29) is 12.0 Å². The minimum absolute atomic E-state index is 0.109. The Labute approximate surface area is 112 Å². The molecular formula is C13H17ClN2O2. The number of halogens is 1. The van der Waals surface area contributed by atoms with Gasteiger partial charge in [-0.1, -0.05) is 11.6 Å². The van der Waals surface area contributed by atoms with Gasteiger partial charge in [-0.2, -0.15) is 0 Å². The standard InChI is InChI=1S/C13H17ClN2O2/c1-16(9-10-4-2-3-7-18-10)13(17)11-8-15-6-5-12(11)14/h5-6,8,10H,2-4,7,9H2,1H3. The summed E-state index contributed by atoms with van der Waals surface area (Å²) in [6.45, 7) is 1.39. The van der Waals surface area contributed by atoms with Crippen LogP contribution >= 0.6 is 11.6 Å². The van der Waals surface area contributed by atoms with Gasteiger partial charge in [-0.15, -0.1) is 0 Å². The van der Waals surface area contributed by atoms with Crippen LogP contribution in [0.4, 0.5) is 0 Å². The summed E-state index contributed by atoms with van der Waals surface area (Å²) in [5.74, 6) is -0.109. The van der Waals surface area contributed by atoms with Crippen molar-refractivity contribution in [3.8, 4) is 0 Å². The van der Waals surface area contributed by atoms with E-state index in [0.717, 1.165) is 19.4 Å². The van der Waals surface area contributed by atoms with E-state index < -0.39 is 0 Å². The quantitative estimate of drug-likeness (QED) is 0.845. The highest BCUT2D eigenvalue weighted by Gasteiger charge is 2.21. The second-order valence-corrected chi connectivity index (χ2v) is 4.94. The molecule has 0 bridgehead atoms. The van der Waals surface area contributed by atoms with E-state index in [2.05, 4.69) is 4.98 Å². The predicted octanol–water partition coefficient (Wildman–Crippen LogP) is 2.38. The molecule has 1 aromatic heterocycles. The zero-order valence-corrected chi connectivity index (χ0v) is 11.2. The van der Waals surface area contributed by atoms with Crippen LogP contribution in [0.25, 0.3) is 0 Å². The van der Waals surface area contributed by atoms with Gasteiger partial charge in [-0.3, -0.25) is 9.78 Å². The molecule has 1 aliphatic heterocycles. The Morgan fingerprint density at radius 3 is 3.11 bits per heavy atom. The number of nitrogens with zero attached hydrogens (tertiary/aromatic N) is 2. The van der Waals surface area contributed by atoms with Gasteiger partial charge in [-0.25, -0.2) is 0 Å². The van der Waals surface area contributed by atoms with E-state index in [4.69, 9.17) is 16.3 Å². The molecule has 5 heteroatoms. The Bertz CT molecular complexity index is 419. The smallest absolute Gasteiger partial charge is 0.256 e. The zero-order valence-electron chi connectivity index (χ0n) is 10.4. The molecule has 1 saturated heterocycles. The van der Waals surface area contributed by atoms with Gasteiger partial charge in [0.05, 0.1) is 16.7 Å². The average Bonchev–Trinajstić information content (AvgIpc) is 2.39. The van der Waals surface area contributed by atoms with Crippen LogP contribution in [-0.4, -0.2) is 42.1 Å². The van der Waals surface area contributed by atoms with E-state index in [1.807, 2.05) is 0 Å². The zero-order chi connectivity index (χ0) is 13.0. The molecule has 1 amide bonds. The number of ether oxygens (including phenoxy) is 1. The van der Waals surface area contributed by atoms with Gasteiger partial charge in [0.1, 0.15) is 0 Å². The monoisotopic (exact) mass is 268 g/mol. The van der Waals surface area contributed by atoms with Crippen LogP contribution in [-0.2, 0) is 4.74 Å². The minimum Gasteiger partial charge on any atom is -0.376 e. The maximum atomic E-state index is 12.2. The average molecular weight is 269 g/mol.